The van der Waals surface area contributed by atoms with E-state index in [9.17, 15) is 0 Å². The van der Waals surface area contributed by atoms with Gasteiger partial charge in [0.05, 0.1) is 19.9 Å². The molecule has 5 nitrogen and oxygen atoms in total. The molecule has 0 unspecified atom stereocenters. The summed E-state index contributed by atoms with van der Waals surface area (Å²) in [6.45, 7) is 5.56. The van der Waals surface area contributed by atoms with Crippen LogP contribution in [0, 0.1) is 0 Å². The lowest BCUT2D eigenvalue weighted by Crippen LogP contribution is -2.31. The molecule has 1 rings (SSSR count). The Kier molecular flexibility index (Phi) is 8.19. The van der Waals surface area contributed by atoms with Crippen molar-refractivity contribution in [2.24, 2.45) is 5.10 Å². The van der Waals surface area contributed by atoms with Crippen LogP contribution in [0.3, 0.4) is 0 Å². The highest BCUT2D eigenvalue weighted by molar-refractivity contribution is 7.80. The zero-order valence-corrected chi connectivity index (χ0v) is 13.6. The molecule has 0 heterocycles. The van der Waals surface area contributed by atoms with Crippen molar-refractivity contribution in [3.8, 4) is 11.5 Å². The lowest BCUT2D eigenvalue weighted by molar-refractivity contribution is 0.288. The molecule has 1 aromatic rings. The van der Waals surface area contributed by atoms with Crippen molar-refractivity contribution < 1.29 is 9.47 Å². The molecule has 0 bridgehead atoms. The molecule has 0 saturated carbocycles. The van der Waals surface area contributed by atoms with E-state index >= 15 is 0 Å². The van der Waals surface area contributed by atoms with E-state index in [0.717, 1.165) is 30.7 Å². The van der Waals surface area contributed by atoms with Gasteiger partial charge in [-0.05, 0) is 49.3 Å². The number of nitrogens with one attached hydrogen (secondary N) is 2. The third kappa shape index (κ3) is 6.44. The van der Waals surface area contributed by atoms with Gasteiger partial charge < -0.3 is 14.8 Å². The summed E-state index contributed by atoms with van der Waals surface area (Å²) in [5.74, 6) is 1.45. The van der Waals surface area contributed by atoms with Crippen LogP contribution in [0.25, 0.3) is 0 Å². The molecule has 0 amide bonds. The highest BCUT2D eigenvalue weighted by Gasteiger charge is 2.04. The first-order chi connectivity index (χ1) is 10.2. The number of hydrogen-bond donors (Lipinski definition) is 2. The van der Waals surface area contributed by atoms with Crippen LogP contribution in [-0.4, -0.2) is 31.6 Å². The van der Waals surface area contributed by atoms with Crippen LogP contribution >= 0.6 is 12.2 Å². The van der Waals surface area contributed by atoms with Gasteiger partial charge in [0.2, 0.25) is 0 Å². The van der Waals surface area contributed by atoms with Crippen LogP contribution in [0.15, 0.2) is 23.3 Å². The fourth-order valence-electron chi connectivity index (χ4n) is 1.58. The largest absolute Gasteiger partial charge is 0.493 e. The summed E-state index contributed by atoms with van der Waals surface area (Å²) >= 11 is 5.02. The Morgan fingerprint density at radius 2 is 2.14 bits per heavy atom. The Hall–Kier alpha value is -1.82. The van der Waals surface area contributed by atoms with Crippen molar-refractivity contribution in [3.63, 3.8) is 0 Å². The average molecular weight is 309 g/mol. The monoisotopic (exact) mass is 309 g/mol. The number of thiocarbonyl (C=S) groups is 1. The summed E-state index contributed by atoms with van der Waals surface area (Å²) in [5, 5.41) is 7.52. The molecular formula is C15H23N3O2S. The van der Waals surface area contributed by atoms with Gasteiger partial charge in [0.25, 0.3) is 0 Å². The zero-order valence-electron chi connectivity index (χ0n) is 12.8. The number of hydrogen-bond acceptors (Lipinski definition) is 4. The van der Waals surface area contributed by atoms with Crippen LogP contribution < -0.4 is 20.2 Å². The number of hydrazone groups is 1. The Morgan fingerprint density at radius 1 is 1.33 bits per heavy atom. The average Bonchev–Trinajstić information content (AvgIpc) is 2.49. The number of ether oxygens (including phenoxy) is 2. The van der Waals surface area contributed by atoms with Crippen molar-refractivity contribution >= 4 is 23.5 Å². The van der Waals surface area contributed by atoms with Crippen molar-refractivity contribution in [3.05, 3.63) is 23.8 Å². The fraction of sp³-hybridized carbons (Fsp3) is 0.467. The Bertz CT molecular complexity index is 478. The molecule has 116 valence electrons. The second-order valence-electron chi connectivity index (χ2n) is 4.34. The Morgan fingerprint density at radius 3 is 2.81 bits per heavy atom. The quantitative estimate of drug-likeness (QED) is 0.335. The third-order valence-electron chi connectivity index (χ3n) is 2.66. The Labute approximate surface area is 131 Å². The minimum Gasteiger partial charge on any atom is -0.493 e. The second-order valence-corrected chi connectivity index (χ2v) is 4.75. The van der Waals surface area contributed by atoms with Crippen LogP contribution in [0.2, 0.25) is 0 Å². The molecule has 1 aromatic carbocycles. The predicted octanol–water partition coefficient (Wildman–Crippen LogP) is 2.69. The van der Waals surface area contributed by atoms with Gasteiger partial charge in [-0.3, -0.25) is 5.43 Å². The molecule has 0 aliphatic rings. The maximum Gasteiger partial charge on any atom is 0.186 e. The molecule has 0 spiro atoms. The van der Waals surface area contributed by atoms with Gasteiger partial charge in [0, 0.05) is 6.54 Å². The minimum absolute atomic E-state index is 0.500. The van der Waals surface area contributed by atoms with Gasteiger partial charge in [-0.1, -0.05) is 13.3 Å². The van der Waals surface area contributed by atoms with E-state index in [2.05, 4.69) is 22.8 Å². The van der Waals surface area contributed by atoms with Crippen LogP contribution in [0.1, 0.15) is 32.3 Å². The van der Waals surface area contributed by atoms with Gasteiger partial charge in [0.1, 0.15) is 0 Å². The second kappa shape index (κ2) is 9.99. The number of methoxy groups -OCH3 is 1. The maximum atomic E-state index is 5.68. The molecule has 0 saturated heterocycles. The molecule has 0 aliphatic carbocycles. The maximum absolute atomic E-state index is 5.68. The SMILES string of the molecule is CCCCOc1ccc(C=NNC(=S)NCC)cc1OC. The molecule has 0 radical (unpaired) electrons. The smallest absolute Gasteiger partial charge is 0.186 e. The van der Waals surface area contributed by atoms with Gasteiger partial charge in [-0.2, -0.15) is 5.10 Å². The highest BCUT2D eigenvalue weighted by atomic mass is 32.1. The van der Waals surface area contributed by atoms with Crippen molar-refractivity contribution in [2.75, 3.05) is 20.3 Å². The number of nitrogens with zero attached hydrogens (tertiary/aromatic N) is 1. The summed E-state index contributed by atoms with van der Waals surface area (Å²) in [4.78, 5) is 0. The van der Waals surface area contributed by atoms with Crippen LogP contribution in [-0.2, 0) is 0 Å². The summed E-state index contributed by atoms with van der Waals surface area (Å²) in [7, 11) is 1.63. The van der Waals surface area contributed by atoms with Gasteiger partial charge in [-0.15, -0.1) is 0 Å². The van der Waals surface area contributed by atoms with Gasteiger partial charge >= 0.3 is 0 Å². The molecule has 0 aliphatic heterocycles. The van der Waals surface area contributed by atoms with E-state index in [1.165, 1.54) is 0 Å². The van der Waals surface area contributed by atoms with E-state index in [1.807, 2.05) is 25.1 Å². The summed E-state index contributed by atoms with van der Waals surface area (Å²) in [6.07, 6.45) is 3.81. The van der Waals surface area contributed by atoms with E-state index in [0.29, 0.717) is 17.5 Å². The van der Waals surface area contributed by atoms with E-state index in [-0.39, 0.29) is 0 Å². The minimum atomic E-state index is 0.500. The molecule has 0 fully saturated rings. The first-order valence-electron chi connectivity index (χ1n) is 7.09. The molecular weight excluding hydrogens is 286 g/mol. The Balaban J connectivity index is 2.64. The topological polar surface area (TPSA) is 54.9 Å². The molecule has 2 N–H and O–H groups in total. The molecule has 21 heavy (non-hydrogen) atoms. The summed E-state index contributed by atoms with van der Waals surface area (Å²) in [5.41, 5.74) is 3.65. The van der Waals surface area contributed by atoms with Crippen molar-refractivity contribution in [1.82, 2.24) is 10.7 Å². The first kappa shape index (κ1) is 17.2. The number of unbranched alkanes of at least 4 members (excludes halogenated alkanes) is 1. The molecule has 0 atom stereocenters. The standard InChI is InChI=1S/C15H23N3O2S/c1-4-6-9-20-13-8-7-12(10-14(13)19-3)11-17-18-15(21)16-5-2/h7-8,10-11H,4-6,9H2,1-3H3,(H2,16,18,21). The summed E-state index contributed by atoms with van der Waals surface area (Å²) in [6, 6.07) is 5.69. The lowest BCUT2D eigenvalue weighted by Gasteiger charge is -2.10. The van der Waals surface area contributed by atoms with E-state index in [4.69, 9.17) is 21.7 Å². The van der Waals surface area contributed by atoms with Gasteiger partial charge in [-0.25, -0.2) is 0 Å². The first-order valence-corrected chi connectivity index (χ1v) is 7.49. The lowest BCUT2D eigenvalue weighted by atomic mass is 10.2. The number of rotatable bonds is 8. The third-order valence-corrected chi connectivity index (χ3v) is 2.90. The normalized spacial score (nSPS) is 10.4. The highest BCUT2D eigenvalue weighted by Crippen LogP contribution is 2.27. The molecule has 6 heteroatoms. The number of benzene rings is 1. The van der Waals surface area contributed by atoms with E-state index in [1.54, 1.807) is 13.3 Å². The van der Waals surface area contributed by atoms with Crippen LogP contribution in [0.5, 0.6) is 11.5 Å². The zero-order chi connectivity index (χ0) is 15.5. The van der Waals surface area contributed by atoms with Gasteiger partial charge in [0.15, 0.2) is 16.6 Å². The molecule has 0 aromatic heterocycles. The van der Waals surface area contributed by atoms with Crippen molar-refractivity contribution in [1.29, 1.82) is 0 Å². The predicted molar refractivity (Wildman–Crippen MR) is 90.4 cm³/mol. The van der Waals surface area contributed by atoms with Crippen LogP contribution in [0.4, 0.5) is 0 Å². The van der Waals surface area contributed by atoms with Crippen molar-refractivity contribution in [2.45, 2.75) is 26.7 Å². The summed E-state index contributed by atoms with van der Waals surface area (Å²) < 4.78 is 11.0. The fourth-order valence-corrected chi connectivity index (χ4v) is 1.77. The van der Waals surface area contributed by atoms with E-state index < -0.39 is 0 Å².